The minimum atomic E-state index is 0.120. The highest BCUT2D eigenvalue weighted by atomic mass is 16.5. The Labute approximate surface area is 111 Å². The Morgan fingerprint density at radius 1 is 1.28 bits per heavy atom. The summed E-state index contributed by atoms with van der Waals surface area (Å²) in [5.74, 6) is 0.912. The van der Waals surface area contributed by atoms with E-state index in [2.05, 4.69) is 24.1 Å². The number of hydrogen-bond donors (Lipinski definition) is 1. The zero-order valence-corrected chi connectivity index (χ0v) is 12.0. The van der Waals surface area contributed by atoms with E-state index in [1.807, 2.05) is 0 Å². The second-order valence-corrected chi connectivity index (χ2v) is 7.08. The zero-order valence-electron chi connectivity index (χ0n) is 12.0. The van der Waals surface area contributed by atoms with E-state index in [0.29, 0.717) is 5.54 Å². The first-order valence-electron chi connectivity index (χ1n) is 7.71. The molecule has 0 radical (unpaired) electrons. The van der Waals surface area contributed by atoms with Crippen molar-refractivity contribution in [1.29, 1.82) is 0 Å². The second-order valence-electron chi connectivity index (χ2n) is 7.08. The summed E-state index contributed by atoms with van der Waals surface area (Å²) < 4.78 is 5.97. The summed E-state index contributed by atoms with van der Waals surface area (Å²) in [5.41, 5.74) is 0.472. The van der Waals surface area contributed by atoms with Crippen LogP contribution in [-0.4, -0.2) is 48.8 Å². The van der Waals surface area contributed by atoms with E-state index >= 15 is 0 Å². The molecule has 3 fully saturated rings. The van der Waals surface area contributed by atoms with Gasteiger partial charge in [-0.3, -0.25) is 4.90 Å². The largest absolute Gasteiger partial charge is 0.374 e. The molecule has 1 saturated carbocycles. The lowest BCUT2D eigenvalue weighted by Gasteiger charge is -2.37. The van der Waals surface area contributed by atoms with Crippen molar-refractivity contribution >= 4 is 0 Å². The molecular weight excluding hydrogens is 224 g/mol. The van der Waals surface area contributed by atoms with Crippen LogP contribution >= 0.6 is 0 Å². The van der Waals surface area contributed by atoms with Crippen LogP contribution in [0.3, 0.4) is 0 Å². The Hall–Kier alpha value is -0.120. The van der Waals surface area contributed by atoms with Crippen molar-refractivity contribution in [3.63, 3.8) is 0 Å². The lowest BCUT2D eigenvalue weighted by molar-refractivity contribution is -0.0124. The SMILES string of the molecule is CC1(CN2CCCNC(C)(C3CC3)C2)CCCO1. The first-order chi connectivity index (χ1) is 8.60. The number of nitrogens with zero attached hydrogens (tertiary/aromatic N) is 1. The molecule has 2 aliphatic heterocycles. The number of nitrogens with one attached hydrogen (secondary N) is 1. The van der Waals surface area contributed by atoms with Crippen molar-refractivity contribution in [1.82, 2.24) is 10.2 Å². The molecule has 0 bridgehead atoms. The predicted octanol–water partition coefficient (Wildman–Crippen LogP) is 2.02. The summed E-state index contributed by atoms with van der Waals surface area (Å²) in [7, 11) is 0. The van der Waals surface area contributed by atoms with Gasteiger partial charge in [0.1, 0.15) is 0 Å². The molecule has 2 heterocycles. The van der Waals surface area contributed by atoms with E-state index < -0.39 is 0 Å². The summed E-state index contributed by atoms with van der Waals surface area (Å²) >= 11 is 0. The Morgan fingerprint density at radius 2 is 2.11 bits per heavy atom. The summed E-state index contributed by atoms with van der Waals surface area (Å²) in [6.07, 6.45) is 6.59. The summed E-state index contributed by atoms with van der Waals surface area (Å²) in [6, 6.07) is 0. The van der Waals surface area contributed by atoms with Gasteiger partial charge in [-0.2, -0.15) is 0 Å². The van der Waals surface area contributed by atoms with Crippen molar-refractivity contribution in [2.45, 2.75) is 57.1 Å². The minimum absolute atomic E-state index is 0.120. The molecule has 3 nitrogen and oxygen atoms in total. The van der Waals surface area contributed by atoms with Gasteiger partial charge in [-0.15, -0.1) is 0 Å². The Balaban J connectivity index is 1.63. The van der Waals surface area contributed by atoms with Gasteiger partial charge in [0.25, 0.3) is 0 Å². The van der Waals surface area contributed by atoms with E-state index in [9.17, 15) is 0 Å². The van der Waals surface area contributed by atoms with Gasteiger partial charge >= 0.3 is 0 Å². The molecule has 2 saturated heterocycles. The van der Waals surface area contributed by atoms with Crippen molar-refractivity contribution in [3.05, 3.63) is 0 Å². The van der Waals surface area contributed by atoms with Crippen LogP contribution in [0.4, 0.5) is 0 Å². The molecule has 2 atom stereocenters. The third kappa shape index (κ3) is 2.73. The molecule has 0 spiro atoms. The fourth-order valence-corrected chi connectivity index (χ4v) is 3.84. The van der Waals surface area contributed by atoms with Gasteiger partial charge in [0.2, 0.25) is 0 Å². The van der Waals surface area contributed by atoms with Crippen LogP contribution in [0.2, 0.25) is 0 Å². The molecule has 3 rings (SSSR count). The molecule has 1 aliphatic carbocycles. The molecule has 3 aliphatic rings. The first-order valence-corrected chi connectivity index (χ1v) is 7.71. The Bertz CT molecular complexity index is 297. The minimum Gasteiger partial charge on any atom is -0.374 e. The number of rotatable bonds is 3. The van der Waals surface area contributed by atoms with Gasteiger partial charge in [0.05, 0.1) is 5.60 Å². The average molecular weight is 252 g/mol. The maximum Gasteiger partial charge on any atom is 0.0781 e. The van der Waals surface area contributed by atoms with Crippen LogP contribution in [0.1, 0.15) is 46.0 Å². The van der Waals surface area contributed by atoms with Crippen LogP contribution in [-0.2, 0) is 4.74 Å². The normalized spacial score (nSPS) is 43.0. The zero-order chi connectivity index (χ0) is 12.6. The monoisotopic (exact) mass is 252 g/mol. The van der Waals surface area contributed by atoms with Crippen LogP contribution in [0.15, 0.2) is 0 Å². The highest BCUT2D eigenvalue weighted by Crippen LogP contribution is 2.41. The van der Waals surface area contributed by atoms with Crippen molar-refractivity contribution in [2.75, 3.05) is 32.8 Å². The van der Waals surface area contributed by atoms with Gasteiger partial charge in [-0.05, 0) is 65.0 Å². The van der Waals surface area contributed by atoms with E-state index in [-0.39, 0.29) is 5.60 Å². The highest BCUT2D eigenvalue weighted by molar-refractivity contribution is 5.01. The van der Waals surface area contributed by atoms with Crippen LogP contribution in [0, 0.1) is 5.92 Å². The molecule has 0 aromatic rings. The lowest BCUT2D eigenvalue weighted by atomic mass is 9.94. The smallest absolute Gasteiger partial charge is 0.0781 e. The number of ether oxygens (including phenoxy) is 1. The summed E-state index contributed by atoms with van der Waals surface area (Å²) in [5, 5.41) is 3.80. The van der Waals surface area contributed by atoms with Crippen LogP contribution in [0.25, 0.3) is 0 Å². The lowest BCUT2D eigenvalue weighted by Crippen LogP contribution is -2.53. The highest BCUT2D eigenvalue weighted by Gasteiger charge is 2.44. The van der Waals surface area contributed by atoms with Gasteiger partial charge in [0, 0.05) is 25.2 Å². The summed E-state index contributed by atoms with van der Waals surface area (Å²) in [6.45, 7) is 10.4. The van der Waals surface area contributed by atoms with E-state index in [0.717, 1.165) is 19.1 Å². The van der Waals surface area contributed by atoms with E-state index in [4.69, 9.17) is 4.74 Å². The maximum atomic E-state index is 5.97. The Kier molecular flexibility index (Phi) is 3.41. The topological polar surface area (TPSA) is 24.5 Å². The van der Waals surface area contributed by atoms with Gasteiger partial charge in [0.15, 0.2) is 0 Å². The van der Waals surface area contributed by atoms with Crippen molar-refractivity contribution < 1.29 is 4.74 Å². The fourth-order valence-electron chi connectivity index (χ4n) is 3.84. The molecule has 0 amide bonds. The first kappa shape index (κ1) is 12.9. The molecule has 2 unspecified atom stereocenters. The molecule has 0 aromatic carbocycles. The molecule has 18 heavy (non-hydrogen) atoms. The molecule has 104 valence electrons. The molecular formula is C15H28N2O. The summed E-state index contributed by atoms with van der Waals surface area (Å²) in [4.78, 5) is 2.66. The third-order valence-corrected chi connectivity index (χ3v) is 5.07. The van der Waals surface area contributed by atoms with Gasteiger partial charge in [-0.1, -0.05) is 0 Å². The third-order valence-electron chi connectivity index (χ3n) is 5.07. The number of hydrogen-bond acceptors (Lipinski definition) is 3. The van der Waals surface area contributed by atoms with E-state index in [1.54, 1.807) is 0 Å². The fraction of sp³-hybridized carbons (Fsp3) is 1.00. The quantitative estimate of drug-likeness (QED) is 0.831. The second kappa shape index (κ2) is 4.77. The van der Waals surface area contributed by atoms with Crippen LogP contribution in [0.5, 0.6) is 0 Å². The maximum absolute atomic E-state index is 5.97. The average Bonchev–Trinajstić information content (AvgIpc) is 3.10. The molecule has 3 heteroatoms. The molecule has 1 N–H and O–H groups in total. The van der Waals surface area contributed by atoms with Crippen molar-refractivity contribution in [3.8, 4) is 0 Å². The Morgan fingerprint density at radius 3 is 2.78 bits per heavy atom. The van der Waals surface area contributed by atoms with Crippen molar-refractivity contribution in [2.24, 2.45) is 5.92 Å². The predicted molar refractivity (Wildman–Crippen MR) is 73.8 cm³/mol. The standard InChI is InChI=1S/C15H28N2O/c1-14(7-3-10-18-14)11-17-9-4-8-16-15(2,12-17)13-5-6-13/h13,16H,3-12H2,1-2H3. The molecule has 0 aromatic heterocycles. The van der Waals surface area contributed by atoms with Gasteiger partial charge < -0.3 is 10.1 Å². The van der Waals surface area contributed by atoms with E-state index in [1.165, 1.54) is 51.7 Å². The van der Waals surface area contributed by atoms with Crippen LogP contribution < -0.4 is 5.32 Å². The van der Waals surface area contributed by atoms with Gasteiger partial charge in [-0.25, -0.2) is 0 Å².